The van der Waals surface area contributed by atoms with Crippen molar-refractivity contribution in [2.75, 3.05) is 13.2 Å². The number of unbranched alkanes of at least 4 members (excludes halogenated alkanes) is 8. The second-order valence-corrected chi connectivity index (χ2v) is 15.5. The standard InChI is InChI=1S/C52H83NO8/c1-3-5-7-9-11-13-14-15-16-17-18-19-20-21-22-23-24-25-26-27-28-29-30-31-32-34-36-38-40-42-48(56)53-45(46(55)41-39-37-35-33-12-10-8-6-4-2)44-60-52-51(59)50(58)49(57)47(43-54)61-52/h5,7,11,13,15-16,18-19,21-22,24-25,27-28,30-31,34,36,39,41,45-47,49-52,54-55,57-59H,3-4,6,8-10,12,14,17,20,23,26,29,32-33,35,37-38,40,42-44H2,1-2H3,(H,53,56)/b7-5-,13-11-,16-15-,19-18-,22-21-,25-24-,28-27-,31-30-,36-34-,41-39+. The summed E-state index contributed by atoms with van der Waals surface area (Å²) in [5.74, 6) is -0.244. The minimum Gasteiger partial charge on any atom is -0.394 e. The van der Waals surface area contributed by atoms with Gasteiger partial charge in [-0.1, -0.05) is 174 Å². The Morgan fingerprint density at radius 1 is 0.574 bits per heavy atom. The second-order valence-electron chi connectivity index (χ2n) is 15.5. The van der Waals surface area contributed by atoms with E-state index in [0.29, 0.717) is 6.42 Å². The summed E-state index contributed by atoms with van der Waals surface area (Å²) in [5.41, 5.74) is 0. The van der Waals surface area contributed by atoms with Crippen molar-refractivity contribution >= 4 is 5.91 Å². The molecule has 9 nitrogen and oxygen atoms in total. The third-order valence-corrected chi connectivity index (χ3v) is 10.0. The van der Waals surface area contributed by atoms with Crippen LogP contribution in [0.15, 0.2) is 122 Å². The van der Waals surface area contributed by atoms with Gasteiger partial charge in [0.15, 0.2) is 6.29 Å². The number of aliphatic hydroxyl groups is 5. The molecule has 1 saturated heterocycles. The van der Waals surface area contributed by atoms with E-state index in [1.54, 1.807) is 6.08 Å². The molecule has 1 fully saturated rings. The Bertz CT molecular complexity index is 1360. The van der Waals surface area contributed by atoms with Crippen LogP contribution in [0.3, 0.4) is 0 Å². The summed E-state index contributed by atoms with van der Waals surface area (Å²) >= 11 is 0. The van der Waals surface area contributed by atoms with Gasteiger partial charge in [0, 0.05) is 6.42 Å². The molecule has 1 amide bonds. The molecule has 0 saturated carbocycles. The number of aliphatic hydroxyl groups excluding tert-OH is 5. The van der Waals surface area contributed by atoms with E-state index in [0.717, 1.165) is 83.5 Å². The predicted octanol–water partition coefficient (Wildman–Crippen LogP) is 10.1. The van der Waals surface area contributed by atoms with Crippen LogP contribution in [0.2, 0.25) is 0 Å². The fourth-order valence-electron chi connectivity index (χ4n) is 6.33. The zero-order chi connectivity index (χ0) is 44.4. The summed E-state index contributed by atoms with van der Waals surface area (Å²) in [6, 6.07) is -0.842. The zero-order valence-corrected chi connectivity index (χ0v) is 37.6. The monoisotopic (exact) mass is 850 g/mol. The highest BCUT2D eigenvalue weighted by Gasteiger charge is 2.44. The van der Waals surface area contributed by atoms with Crippen LogP contribution >= 0.6 is 0 Å². The van der Waals surface area contributed by atoms with Crippen molar-refractivity contribution in [1.29, 1.82) is 0 Å². The summed E-state index contributed by atoms with van der Waals surface area (Å²) in [4.78, 5) is 12.9. The van der Waals surface area contributed by atoms with Gasteiger partial charge in [-0.15, -0.1) is 0 Å². The number of amides is 1. The Balaban J connectivity index is 2.32. The minimum atomic E-state index is -1.58. The van der Waals surface area contributed by atoms with Crippen LogP contribution in [0.4, 0.5) is 0 Å². The van der Waals surface area contributed by atoms with Gasteiger partial charge >= 0.3 is 0 Å². The molecule has 1 rings (SSSR count). The van der Waals surface area contributed by atoms with Gasteiger partial charge in [-0.3, -0.25) is 4.79 Å². The summed E-state index contributed by atoms with van der Waals surface area (Å²) in [5, 5.41) is 53.9. The Morgan fingerprint density at radius 2 is 1.02 bits per heavy atom. The average molecular weight is 850 g/mol. The van der Waals surface area contributed by atoms with E-state index >= 15 is 0 Å². The van der Waals surface area contributed by atoms with E-state index in [4.69, 9.17) is 9.47 Å². The maximum Gasteiger partial charge on any atom is 0.220 e. The zero-order valence-electron chi connectivity index (χ0n) is 37.6. The van der Waals surface area contributed by atoms with Gasteiger partial charge < -0.3 is 40.3 Å². The van der Waals surface area contributed by atoms with Crippen molar-refractivity contribution in [3.63, 3.8) is 0 Å². The highest BCUT2D eigenvalue weighted by atomic mass is 16.7. The molecule has 0 radical (unpaired) electrons. The smallest absolute Gasteiger partial charge is 0.220 e. The van der Waals surface area contributed by atoms with Crippen LogP contribution in [0.1, 0.15) is 142 Å². The summed E-state index contributed by atoms with van der Waals surface area (Å²) in [6.45, 7) is 3.56. The van der Waals surface area contributed by atoms with Crippen molar-refractivity contribution < 1.29 is 39.8 Å². The molecule has 0 aromatic heterocycles. The van der Waals surface area contributed by atoms with Crippen molar-refractivity contribution in [3.8, 4) is 0 Å². The maximum atomic E-state index is 12.9. The number of nitrogens with one attached hydrogen (secondary N) is 1. The number of carbonyl (C=O) groups excluding carboxylic acids is 1. The van der Waals surface area contributed by atoms with Crippen molar-refractivity contribution in [2.45, 2.75) is 185 Å². The first kappa shape index (κ1) is 55.6. The molecule has 1 aliphatic heterocycles. The summed E-state index contributed by atoms with van der Waals surface area (Å²) < 4.78 is 11.1. The first-order valence-electron chi connectivity index (χ1n) is 23.3. The SMILES string of the molecule is CC/C=C\C/C=C\C/C=C\C/C=C\C/C=C\C/C=C\C/C=C\C/C=C\C/C=C\CCCC(=O)NC(COC1OC(CO)C(O)C(O)C1O)C(O)/C=C/CCCCCCCCC. The lowest BCUT2D eigenvalue weighted by Crippen LogP contribution is -2.60. The minimum absolute atomic E-state index is 0.221. The van der Waals surface area contributed by atoms with E-state index in [1.807, 2.05) is 6.08 Å². The lowest BCUT2D eigenvalue weighted by atomic mass is 9.99. The average Bonchev–Trinajstić information content (AvgIpc) is 3.26. The molecule has 61 heavy (non-hydrogen) atoms. The fourth-order valence-corrected chi connectivity index (χ4v) is 6.33. The molecule has 7 atom stereocenters. The molecule has 0 aromatic carbocycles. The van der Waals surface area contributed by atoms with Gasteiger partial charge in [0.1, 0.15) is 24.4 Å². The molecule has 0 aliphatic carbocycles. The molecule has 6 N–H and O–H groups in total. The quantitative estimate of drug-likeness (QED) is 0.0270. The lowest BCUT2D eigenvalue weighted by molar-refractivity contribution is -0.302. The van der Waals surface area contributed by atoms with Gasteiger partial charge in [-0.05, 0) is 83.5 Å². The van der Waals surface area contributed by atoms with Crippen LogP contribution in [-0.2, 0) is 14.3 Å². The van der Waals surface area contributed by atoms with Crippen LogP contribution in [0, 0.1) is 0 Å². The maximum absolute atomic E-state index is 12.9. The van der Waals surface area contributed by atoms with Gasteiger partial charge in [0.05, 0.1) is 25.4 Å². The van der Waals surface area contributed by atoms with E-state index in [2.05, 4.69) is 129 Å². The molecule has 1 aliphatic rings. The summed E-state index contributed by atoms with van der Waals surface area (Å²) in [7, 11) is 0. The number of ether oxygens (including phenoxy) is 2. The van der Waals surface area contributed by atoms with Gasteiger partial charge in [0.25, 0.3) is 0 Å². The molecule has 0 spiro atoms. The molecule has 9 heteroatoms. The fraction of sp³-hybridized carbons (Fsp3) is 0.596. The Kier molecular flexibility index (Phi) is 37.1. The van der Waals surface area contributed by atoms with Crippen LogP contribution in [0.25, 0.3) is 0 Å². The molecule has 0 aromatic rings. The van der Waals surface area contributed by atoms with Crippen molar-refractivity contribution in [2.24, 2.45) is 0 Å². The van der Waals surface area contributed by atoms with E-state index in [9.17, 15) is 30.3 Å². The summed E-state index contributed by atoms with van der Waals surface area (Å²) in [6.07, 6.45) is 54.0. The molecular formula is C52H83NO8. The third-order valence-electron chi connectivity index (χ3n) is 10.0. The molecule has 7 unspecified atom stereocenters. The third kappa shape index (κ3) is 31.1. The number of hydrogen-bond donors (Lipinski definition) is 6. The van der Waals surface area contributed by atoms with E-state index in [-0.39, 0.29) is 18.9 Å². The van der Waals surface area contributed by atoms with Gasteiger partial charge in [-0.2, -0.15) is 0 Å². The number of hydrogen-bond acceptors (Lipinski definition) is 8. The number of rotatable bonds is 36. The van der Waals surface area contributed by atoms with E-state index < -0.39 is 49.5 Å². The number of allylic oxidation sites excluding steroid dienone is 19. The molecule has 1 heterocycles. The van der Waals surface area contributed by atoms with Crippen molar-refractivity contribution in [3.05, 3.63) is 122 Å². The van der Waals surface area contributed by atoms with Crippen LogP contribution in [0.5, 0.6) is 0 Å². The second kappa shape index (κ2) is 40.6. The first-order chi connectivity index (χ1) is 29.8. The Labute approximate surface area is 369 Å². The van der Waals surface area contributed by atoms with Gasteiger partial charge in [-0.25, -0.2) is 0 Å². The highest BCUT2D eigenvalue weighted by Crippen LogP contribution is 2.22. The molecular weight excluding hydrogens is 767 g/mol. The number of carbonyl (C=O) groups is 1. The van der Waals surface area contributed by atoms with Crippen LogP contribution in [-0.4, -0.2) is 87.5 Å². The molecule has 344 valence electrons. The Morgan fingerprint density at radius 3 is 1.49 bits per heavy atom. The van der Waals surface area contributed by atoms with Crippen molar-refractivity contribution in [1.82, 2.24) is 5.32 Å². The largest absolute Gasteiger partial charge is 0.394 e. The highest BCUT2D eigenvalue weighted by molar-refractivity contribution is 5.76. The first-order valence-corrected chi connectivity index (χ1v) is 23.3. The van der Waals surface area contributed by atoms with E-state index in [1.165, 1.54) is 32.1 Å². The normalized spacial score (nSPS) is 21.6. The Hall–Kier alpha value is -3.41. The topological polar surface area (TPSA) is 149 Å². The molecule has 0 bridgehead atoms. The van der Waals surface area contributed by atoms with Crippen LogP contribution < -0.4 is 5.32 Å². The van der Waals surface area contributed by atoms with Gasteiger partial charge in [0.2, 0.25) is 5.91 Å². The lowest BCUT2D eigenvalue weighted by Gasteiger charge is -2.40. The predicted molar refractivity (Wildman–Crippen MR) is 253 cm³/mol.